The SMILES string of the molecule is OC(=[OH+])C(F)(F)F.OC(=[OH+])C(F)(F)F.OC(=[OH+])C(F)(F)F.OC(=[OH+])C(F)(F)F.[Mo].[Mo]. The Morgan fingerprint density at radius 1 is 0.367 bits per heavy atom. The van der Waals surface area contributed by atoms with E-state index in [1.807, 2.05) is 0 Å². The fourth-order valence-corrected chi connectivity index (χ4v) is 0. The van der Waals surface area contributed by atoms with Gasteiger partial charge in [-0.2, -0.15) is 52.7 Å². The van der Waals surface area contributed by atoms with Crippen LogP contribution in [0.2, 0.25) is 0 Å². The van der Waals surface area contributed by atoms with Crippen molar-refractivity contribution in [3.63, 3.8) is 0 Å². The summed E-state index contributed by atoms with van der Waals surface area (Å²) in [5, 5.41) is 28.9. The zero-order valence-corrected chi connectivity index (χ0v) is 16.9. The Bertz CT molecular complexity index is 440. The summed E-state index contributed by atoms with van der Waals surface area (Å²) in [4.78, 5) is 28.9. The molecule has 0 saturated heterocycles. The first-order valence-electron chi connectivity index (χ1n) is 5.06. The standard InChI is InChI=1S/4C2HF3O2.2Mo/c4*3-2(4,5)1(6)7;;/h4*(H,6,7);;/p+4. The average molecular weight is 652 g/mol. The molecule has 0 rings (SSSR count). The minimum Gasteiger partial charge on any atom is -0.332 e. The number of hydrogen-bond acceptors (Lipinski definition) is 0. The molecule has 0 saturated carbocycles. The Balaban J connectivity index is -0.0000000626. The molecule has 0 amide bonds. The first kappa shape index (κ1) is 42.5. The van der Waals surface area contributed by atoms with E-state index in [1.54, 1.807) is 0 Å². The summed E-state index contributed by atoms with van der Waals surface area (Å²) in [6, 6.07) is 0. The minimum absolute atomic E-state index is 0. The zero-order chi connectivity index (χ0) is 24.3. The van der Waals surface area contributed by atoms with E-state index >= 15 is 0 Å². The van der Waals surface area contributed by atoms with E-state index in [9.17, 15) is 52.7 Å². The Hall–Kier alpha value is -1.58. The van der Waals surface area contributed by atoms with Gasteiger partial charge in [0.25, 0.3) is 0 Å². The second-order valence-corrected chi connectivity index (χ2v) is 3.29. The van der Waals surface area contributed by atoms with E-state index in [0.717, 1.165) is 0 Å². The van der Waals surface area contributed by atoms with Gasteiger partial charge in [0.05, 0.1) is 0 Å². The van der Waals surface area contributed by atoms with Crippen LogP contribution in [0.5, 0.6) is 0 Å². The number of aliphatic hydroxyl groups excluding tert-OH is 4. The third-order valence-electron chi connectivity index (χ3n) is 1.01. The average Bonchev–Trinajstić information content (AvgIpc) is 2.35. The normalized spacial score (nSPS) is 10.5. The molecule has 0 aliphatic carbocycles. The summed E-state index contributed by atoms with van der Waals surface area (Å²) < 4.78 is 128. The van der Waals surface area contributed by atoms with Crippen LogP contribution in [-0.4, -0.2) is 88.2 Å². The van der Waals surface area contributed by atoms with Crippen molar-refractivity contribution in [2.24, 2.45) is 0 Å². The smallest absolute Gasteiger partial charge is 0.332 e. The van der Waals surface area contributed by atoms with Crippen LogP contribution in [-0.2, 0) is 42.1 Å². The predicted molar refractivity (Wildman–Crippen MR) is 62.5 cm³/mol. The second-order valence-electron chi connectivity index (χ2n) is 3.29. The molecular formula is C8H8F12Mo2O8+4. The molecule has 8 N–H and O–H groups in total. The van der Waals surface area contributed by atoms with Crippen LogP contribution < -0.4 is 0 Å². The maximum atomic E-state index is 10.6. The number of halogens is 12. The third-order valence-corrected chi connectivity index (χ3v) is 1.01. The molecule has 0 aromatic rings. The number of aliphatic carboxylic acids is 4. The van der Waals surface area contributed by atoms with Crippen LogP contribution in [0, 0.1) is 0 Å². The third kappa shape index (κ3) is 34.0. The summed E-state index contributed by atoms with van der Waals surface area (Å²) in [7, 11) is 0. The summed E-state index contributed by atoms with van der Waals surface area (Å²) in [6.45, 7) is 0. The first-order chi connectivity index (χ1) is 11.8. The molecule has 0 spiro atoms. The Kier molecular flexibility index (Phi) is 22.9. The maximum Gasteiger partial charge on any atom is 0.591 e. The summed E-state index contributed by atoms with van der Waals surface area (Å²) in [5.74, 6) is -10.0. The molecule has 0 aliphatic rings. The number of hydrogen-bond donors (Lipinski definition) is 4. The molecule has 0 aliphatic heterocycles. The zero-order valence-electron chi connectivity index (χ0n) is 12.9. The first-order valence-corrected chi connectivity index (χ1v) is 5.06. The molecule has 0 bridgehead atoms. The molecule has 8 nitrogen and oxygen atoms in total. The molecule has 0 aromatic heterocycles. The Labute approximate surface area is 183 Å². The van der Waals surface area contributed by atoms with E-state index in [2.05, 4.69) is 0 Å². The van der Waals surface area contributed by atoms with Crippen molar-refractivity contribution >= 4 is 23.9 Å². The maximum absolute atomic E-state index is 10.6. The van der Waals surface area contributed by atoms with Crippen molar-refractivity contribution in [3.05, 3.63) is 0 Å². The van der Waals surface area contributed by atoms with Crippen LogP contribution in [0.25, 0.3) is 0 Å². The van der Waals surface area contributed by atoms with Gasteiger partial charge in [0.2, 0.25) is 0 Å². The van der Waals surface area contributed by atoms with E-state index in [4.69, 9.17) is 39.6 Å². The number of carboxylic acids is 4. The largest absolute Gasteiger partial charge is 0.591 e. The van der Waals surface area contributed by atoms with E-state index in [0.29, 0.717) is 0 Å². The van der Waals surface area contributed by atoms with Gasteiger partial charge in [0, 0.05) is 42.1 Å². The van der Waals surface area contributed by atoms with Crippen LogP contribution in [0.1, 0.15) is 0 Å². The molecule has 0 heterocycles. The van der Waals surface area contributed by atoms with Gasteiger partial charge in [0.15, 0.2) is 0 Å². The minimum atomic E-state index is -4.97. The molecule has 0 atom stereocenters. The number of alkyl halides is 12. The van der Waals surface area contributed by atoms with E-state index in [1.165, 1.54) is 0 Å². The van der Waals surface area contributed by atoms with Gasteiger partial charge in [-0.3, -0.25) is 0 Å². The second kappa shape index (κ2) is 16.2. The van der Waals surface area contributed by atoms with Gasteiger partial charge < -0.3 is 39.6 Å². The molecule has 30 heavy (non-hydrogen) atoms. The Morgan fingerprint density at radius 3 is 0.400 bits per heavy atom. The van der Waals surface area contributed by atoms with Crippen LogP contribution in [0.3, 0.4) is 0 Å². The van der Waals surface area contributed by atoms with Gasteiger partial charge in [0.1, 0.15) is 0 Å². The van der Waals surface area contributed by atoms with Crippen LogP contribution in [0.4, 0.5) is 52.7 Å². The fraction of sp³-hybridized carbons (Fsp3) is 0.500. The molecule has 180 valence electrons. The van der Waals surface area contributed by atoms with Gasteiger partial charge >= 0.3 is 48.6 Å². The van der Waals surface area contributed by atoms with Crippen molar-refractivity contribution in [1.82, 2.24) is 0 Å². The topological polar surface area (TPSA) is 167 Å². The molecule has 22 heteroatoms. The molecule has 0 fully saturated rings. The van der Waals surface area contributed by atoms with Crippen molar-refractivity contribution in [2.75, 3.05) is 0 Å². The van der Waals surface area contributed by atoms with Crippen molar-refractivity contribution in [2.45, 2.75) is 24.7 Å². The molecule has 0 aromatic carbocycles. The van der Waals surface area contributed by atoms with E-state index < -0.39 is 48.6 Å². The number of rotatable bonds is 0. The number of carboxylic acid groups (broad SMARTS) is 4. The van der Waals surface area contributed by atoms with Gasteiger partial charge in [-0.15, -0.1) is 0 Å². The van der Waals surface area contributed by atoms with Crippen LogP contribution >= 0.6 is 0 Å². The van der Waals surface area contributed by atoms with Crippen molar-refractivity contribution in [1.29, 1.82) is 0 Å². The molecule has 0 radical (unpaired) electrons. The van der Waals surface area contributed by atoms with Crippen LogP contribution in [0.15, 0.2) is 0 Å². The predicted octanol–water partition coefficient (Wildman–Crippen LogP) is 2.43. The van der Waals surface area contributed by atoms with Gasteiger partial charge in [-0.05, 0) is 0 Å². The molecule has 0 unspecified atom stereocenters. The van der Waals surface area contributed by atoms with Crippen molar-refractivity contribution in [3.8, 4) is 0 Å². The fourth-order valence-electron chi connectivity index (χ4n) is 0. The summed E-state index contributed by atoms with van der Waals surface area (Å²) >= 11 is 0. The van der Waals surface area contributed by atoms with Crippen molar-refractivity contribution < 1.29 is 134 Å². The summed E-state index contributed by atoms with van der Waals surface area (Å²) in [5.41, 5.74) is 0. The van der Waals surface area contributed by atoms with Gasteiger partial charge in [-0.25, -0.2) is 0 Å². The Morgan fingerprint density at radius 2 is 0.400 bits per heavy atom. The molecular weight excluding hydrogens is 644 g/mol. The monoisotopic (exact) mass is 656 g/mol. The quantitative estimate of drug-likeness (QED) is 0.180. The summed E-state index contributed by atoms with van der Waals surface area (Å²) in [6.07, 6.45) is -19.9. The van der Waals surface area contributed by atoms with Gasteiger partial charge in [-0.1, -0.05) is 0 Å². The van der Waals surface area contributed by atoms with E-state index in [-0.39, 0.29) is 42.1 Å².